The predicted octanol–water partition coefficient (Wildman–Crippen LogP) is 2.90. The van der Waals surface area contributed by atoms with Crippen molar-refractivity contribution in [3.8, 4) is 6.07 Å². The highest BCUT2D eigenvalue weighted by atomic mass is 15.2. The second-order valence-electron chi connectivity index (χ2n) is 5.64. The monoisotopic (exact) mass is 257 g/mol. The van der Waals surface area contributed by atoms with Crippen LogP contribution in [0.2, 0.25) is 0 Å². The first-order chi connectivity index (χ1) is 9.17. The van der Waals surface area contributed by atoms with Crippen LogP contribution in [-0.4, -0.2) is 19.6 Å². The molecule has 0 amide bonds. The quantitative estimate of drug-likeness (QED) is 0.901. The SMILES string of the molecule is CNCc1ccc(N2CCCC2C(C)C)c(C#N)c1. The number of hydrogen-bond donors (Lipinski definition) is 1. The summed E-state index contributed by atoms with van der Waals surface area (Å²) in [4.78, 5) is 2.42. The van der Waals surface area contributed by atoms with E-state index in [0.29, 0.717) is 12.0 Å². The number of benzene rings is 1. The molecule has 3 nitrogen and oxygen atoms in total. The molecular weight excluding hydrogens is 234 g/mol. The highest BCUT2D eigenvalue weighted by molar-refractivity contribution is 5.61. The van der Waals surface area contributed by atoms with E-state index in [-0.39, 0.29) is 0 Å². The lowest BCUT2D eigenvalue weighted by atomic mass is 10.0. The molecule has 3 heteroatoms. The minimum Gasteiger partial charge on any atom is -0.367 e. The van der Waals surface area contributed by atoms with E-state index in [1.165, 1.54) is 18.4 Å². The van der Waals surface area contributed by atoms with Crippen molar-refractivity contribution in [2.75, 3.05) is 18.5 Å². The first-order valence-electron chi connectivity index (χ1n) is 7.11. The van der Waals surface area contributed by atoms with Crippen LogP contribution in [0.1, 0.15) is 37.8 Å². The molecule has 1 heterocycles. The van der Waals surface area contributed by atoms with E-state index in [1.807, 2.05) is 13.1 Å². The van der Waals surface area contributed by atoms with Gasteiger partial charge in [-0.2, -0.15) is 5.26 Å². The Labute approximate surface area is 116 Å². The molecule has 0 aliphatic carbocycles. The van der Waals surface area contributed by atoms with Gasteiger partial charge in [-0.15, -0.1) is 0 Å². The maximum atomic E-state index is 9.40. The third-order valence-electron chi connectivity index (χ3n) is 3.94. The van der Waals surface area contributed by atoms with Crippen LogP contribution in [0, 0.1) is 17.2 Å². The first-order valence-corrected chi connectivity index (χ1v) is 7.11. The summed E-state index contributed by atoms with van der Waals surface area (Å²) >= 11 is 0. The van der Waals surface area contributed by atoms with E-state index in [1.54, 1.807) is 0 Å². The average Bonchev–Trinajstić information content (AvgIpc) is 2.88. The number of nitrogens with zero attached hydrogens (tertiary/aromatic N) is 2. The van der Waals surface area contributed by atoms with Gasteiger partial charge in [0.1, 0.15) is 6.07 Å². The number of nitriles is 1. The Bertz CT molecular complexity index is 473. The molecule has 19 heavy (non-hydrogen) atoms. The van der Waals surface area contributed by atoms with Crippen LogP contribution in [0.25, 0.3) is 0 Å². The van der Waals surface area contributed by atoms with Crippen LogP contribution in [0.5, 0.6) is 0 Å². The molecule has 0 bridgehead atoms. The van der Waals surface area contributed by atoms with Gasteiger partial charge in [0, 0.05) is 19.1 Å². The van der Waals surface area contributed by atoms with Gasteiger partial charge < -0.3 is 10.2 Å². The minimum atomic E-state index is 0.572. The molecule has 0 saturated carbocycles. The topological polar surface area (TPSA) is 39.1 Å². The molecule has 1 aromatic carbocycles. The van der Waals surface area contributed by atoms with Crippen LogP contribution < -0.4 is 10.2 Å². The fourth-order valence-electron chi connectivity index (χ4n) is 3.02. The Hall–Kier alpha value is -1.53. The normalized spacial score (nSPS) is 18.9. The summed E-state index contributed by atoms with van der Waals surface area (Å²) in [7, 11) is 1.93. The highest BCUT2D eigenvalue weighted by Gasteiger charge is 2.28. The molecule has 2 rings (SSSR count). The maximum Gasteiger partial charge on any atom is 0.101 e. The van der Waals surface area contributed by atoms with Crippen LogP contribution in [0.3, 0.4) is 0 Å². The fourth-order valence-corrected chi connectivity index (χ4v) is 3.02. The molecule has 1 aromatic rings. The molecule has 1 saturated heterocycles. The number of anilines is 1. The van der Waals surface area contributed by atoms with Gasteiger partial charge >= 0.3 is 0 Å². The second-order valence-corrected chi connectivity index (χ2v) is 5.64. The summed E-state index contributed by atoms with van der Waals surface area (Å²) < 4.78 is 0. The van der Waals surface area contributed by atoms with Gasteiger partial charge in [0.2, 0.25) is 0 Å². The summed E-state index contributed by atoms with van der Waals surface area (Å²) in [5.74, 6) is 0.631. The van der Waals surface area contributed by atoms with Gasteiger partial charge in [-0.25, -0.2) is 0 Å². The number of nitrogens with one attached hydrogen (secondary N) is 1. The van der Waals surface area contributed by atoms with Crippen molar-refractivity contribution < 1.29 is 0 Å². The molecule has 102 valence electrons. The van der Waals surface area contributed by atoms with E-state index < -0.39 is 0 Å². The minimum absolute atomic E-state index is 0.572. The molecule has 0 radical (unpaired) electrons. The summed E-state index contributed by atoms with van der Waals surface area (Å²) in [6.07, 6.45) is 2.47. The Morgan fingerprint density at radius 3 is 2.89 bits per heavy atom. The van der Waals surface area contributed by atoms with Gasteiger partial charge in [0.05, 0.1) is 11.3 Å². The van der Waals surface area contributed by atoms with E-state index >= 15 is 0 Å². The van der Waals surface area contributed by atoms with Crippen molar-refractivity contribution in [2.45, 2.75) is 39.3 Å². The van der Waals surface area contributed by atoms with Crippen molar-refractivity contribution in [2.24, 2.45) is 5.92 Å². The molecule has 1 atom stereocenters. The summed E-state index contributed by atoms with van der Waals surface area (Å²) in [5, 5.41) is 12.5. The molecule has 0 aromatic heterocycles. The van der Waals surface area contributed by atoms with Crippen molar-refractivity contribution in [3.05, 3.63) is 29.3 Å². The molecule has 1 aliphatic heterocycles. The van der Waals surface area contributed by atoms with E-state index in [9.17, 15) is 5.26 Å². The van der Waals surface area contributed by atoms with Crippen LogP contribution in [0.4, 0.5) is 5.69 Å². The smallest absolute Gasteiger partial charge is 0.101 e. The van der Waals surface area contributed by atoms with Crippen LogP contribution >= 0.6 is 0 Å². The van der Waals surface area contributed by atoms with Gasteiger partial charge in [-0.1, -0.05) is 19.9 Å². The Morgan fingerprint density at radius 1 is 1.47 bits per heavy atom. The zero-order valence-electron chi connectivity index (χ0n) is 12.1. The van der Waals surface area contributed by atoms with E-state index in [4.69, 9.17) is 0 Å². The van der Waals surface area contributed by atoms with Crippen molar-refractivity contribution >= 4 is 5.69 Å². The van der Waals surface area contributed by atoms with Gasteiger partial charge in [0.15, 0.2) is 0 Å². The summed E-state index contributed by atoms with van der Waals surface area (Å²) in [5.41, 5.74) is 3.09. The Kier molecular flexibility index (Phi) is 4.44. The van der Waals surface area contributed by atoms with Gasteiger partial charge in [-0.3, -0.25) is 0 Å². The van der Waals surface area contributed by atoms with E-state index in [0.717, 1.165) is 24.3 Å². The summed E-state index contributed by atoms with van der Waals surface area (Å²) in [6.45, 7) is 6.42. The zero-order valence-corrected chi connectivity index (χ0v) is 12.1. The Balaban J connectivity index is 2.31. The fraction of sp³-hybridized carbons (Fsp3) is 0.562. The zero-order chi connectivity index (χ0) is 13.8. The molecule has 1 unspecified atom stereocenters. The molecule has 1 fully saturated rings. The second kappa shape index (κ2) is 6.08. The van der Waals surface area contributed by atoms with Crippen LogP contribution in [0.15, 0.2) is 18.2 Å². The lowest BCUT2D eigenvalue weighted by molar-refractivity contribution is 0.492. The third-order valence-corrected chi connectivity index (χ3v) is 3.94. The van der Waals surface area contributed by atoms with Crippen LogP contribution in [-0.2, 0) is 6.54 Å². The standard InChI is InChI=1S/C16H23N3/c1-12(2)15-5-4-8-19(15)16-7-6-13(11-18-3)9-14(16)10-17/h6-7,9,12,15,18H,4-5,8,11H2,1-3H3. The van der Waals surface area contributed by atoms with Crippen molar-refractivity contribution in [1.29, 1.82) is 5.26 Å². The van der Waals surface area contributed by atoms with Crippen molar-refractivity contribution in [3.63, 3.8) is 0 Å². The number of rotatable bonds is 4. The molecule has 1 N–H and O–H groups in total. The predicted molar refractivity (Wildman–Crippen MR) is 79.1 cm³/mol. The number of hydrogen-bond acceptors (Lipinski definition) is 3. The first kappa shape index (κ1) is 13.9. The van der Waals surface area contributed by atoms with E-state index in [2.05, 4.69) is 42.3 Å². The highest BCUT2D eigenvalue weighted by Crippen LogP contribution is 2.32. The molecule has 0 spiro atoms. The summed E-state index contributed by atoms with van der Waals surface area (Å²) in [6, 6.07) is 9.19. The van der Waals surface area contributed by atoms with Gasteiger partial charge in [0.25, 0.3) is 0 Å². The average molecular weight is 257 g/mol. The lowest BCUT2D eigenvalue weighted by Gasteiger charge is -2.30. The molecular formula is C16H23N3. The van der Waals surface area contributed by atoms with Gasteiger partial charge in [-0.05, 0) is 43.5 Å². The maximum absolute atomic E-state index is 9.40. The third kappa shape index (κ3) is 2.90. The lowest BCUT2D eigenvalue weighted by Crippen LogP contribution is -2.33. The Morgan fingerprint density at radius 2 is 2.26 bits per heavy atom. The largest absolute Gasteiger partial charge is 0.367 e. The van der Waals surface area contributed by atoms with Crippen molar-refractivity contribution in [1.82, 2.24) is 5.32 Å². The molecule has 1 aliphatic rings.